The molecule has 0 bridgehead atoms. The Labute approximate surface area is 325 Å². The Balaban J connectivity index is 1.67. The summed E-state index contributed by atoms with van der Waals surface area (Å²) >= 11 is 0. The van der Waals surface area contributed by atoms with Crippen molar-refractivity contribution in [2.45, 2.75) is 93.8 Å². The normalized spacial score (nSPS) is 18.2. The van der Waals surface area contributed by atoms with Crippen LogP contribution in [0, 0.1) is 0 Å². The van der Waals surface area contributed by atoms with E-state index in [-0.39, 0.29) is 28.4 Å². The van der Waals surface area contributed by atoms with Crippen LogP contribution >= 0.6 is 0 Å². The monoisotopic (exact) mass is 839 g/mol. The first-order valence-corrected chi connectivity index (χ1v) is 23.8. The molecule has 1 aliphatic heterocycles. The number of unbranched alkanes of at least 4 members (excludes halogenated alkanes) is 2. The molecule has 4 N–H and O–H groups in total. The van der Waals surface area contributed by atoms with Crippen molar-refractivity contribution in [3.8, 4) is 0 Å². The van der Waals surface area contributed by atoms with Crippen LogP contribution in [0.25, 0.3) is 5.57 Å². The fraction of sp³-hybridized carbons (Fsp3) is 0.421. The van der Waals surface area contributed by atoms with Crippen molar-refractivity contribution in [1.82, 2.24) is 0 Å². The van der Waals surface area contributed by atoms with Crippen molar-refractivity contribution in [2.75, 3.05) is 23.0 Å². The lowest BCUT2D eigenvalue weighted by Gasteiger charge is -2.27. The molecule has 1 heterocycles. The summed E-state index contributed by atoms with van der Waals surface area (Å²) < 4.78 is 131. The molecule has 0 aromatic heterocycles. The van der Waals surface area contributed by atoms with Gasteiger partial charge in [0.2, 0.25) is 0 Å². The Bertz CT molecular complexity index is 2420. The minimum Gasteiger partial charge on any atom is -0.344 e. The molecule has 13 nitrogen and oxygen atoms in total. The Morgan fingerprint density at radius 1 is 0.709 bits per heavy atom. The Morgan fingerprint density at radius 2 is 1.27 bits per heavy atom. The van der Waals surface area contributed by atoms with Crippen LogP contribution in [0.2, 0.25) is 0 Å². The molecular formula is C38H49NO12S4. The maximum atomic E-state index is 12.0. The number of benzene rings is 2. The first-order valence-electron chi connectivity index (χ1n) is 17.7. The third-order valence-corrected chi connectivity index (χ3v) is 13.4. The standard InChI is InChI=1S/C38H49NO12S4/c1-6-27(13-11-16-32-30(15-7-9-23-52(40,41)42)31-20-18-28(54(46,47)48)25-33(31)37(32,2)3)14-12-17-36-38(4,5)34-26-29(55(49,50)51)19-21-35(34)39(36)22-8-10-24-53(43,44)45/h11-14,16-21,25-26H,6-10,15,22-24H2,1-5H3,(H,40,41,42)(H,43,44,45)(H,46,47,48)(H,49,50,51)/b14-12?,16-11?,27-13?,36-17+. The molecule has 1 aliphatic carbocycles. The third kappa shape index (κ3) is 10.9. The molecule has 4 rings (SSSR count). The smallest absolute Gasteiger partial charge is 0.294 e. The molecule has 0 fully saturated rings. The van der Waals surface area contributed by atoms with Gasteiger partial charge in [-0.3, -0.25) is 18.2 Å². The highest BCUT2D eigenvalue weighted by atomic mass is 32.2. The van der Waals surface area contributed by atoms with Crippen molar-refractivity contribution in [1.29, 1.82) is 0 Å². The summed E-state index contributed by atoms with van der Waals surface area (Å²) in [5, 5.41) is 0. The number of allylic oxidation sites excluding steroid dienone is 10. The van der Waals surface area contributed by atoms with Gasteiger partial charge in [0.05, 0.1) is 21.3 Å². The Kier molecular flexibility index (Phi) is 13.4. The zero-order chi connectivity index (χ0) is 41.2. The van der Waals surface area contributed by atoms with E-state index in [1.165, 1.54) is 24.3 Å². The molecule has 0 radical (unpaired) electrons. The number of anilines is 1. The van der Waals surface area contributed by atoms with E-state index in [0.717, 1.165) is 28.0 Å². The first kappa shape index (κ1) is 44.3. The molecule has 55 heavy (non-hydrogen) atoms. The van der Waals surface area contributed by atoms with E-state index in [4.69, 9.17) is 0 Å². The molecule has 0 unspecified atom stereocenters. The molecule has 0 atom stereocenters. The highest BCUT2D eigenvalue weighted by molar-refractivity contribution is 7.86. The van der Waals surface area contributed by atoms with Crippen LogP contribution in [0.4, 0.5) is 5.69 Å². The topological polar surface area (TPSA) is 221 Å². The molecule has 2 aliphatic rings. The largest absolute Gasteiger partial charge is 0.344 e. The van der Waals surface area contributed by atoms with Crippen LogP contribution in [0.5, 0.6) is 0 Å². The van der Waals surface area contributed by atoms with Crippen LogP contribution < -0.4 is 4.90 Å². The maximum Gasteiger partial charge on any atom is 0.294 e. The van der Waals surface area contributed by atoms with Crippen molar-refractivity contribution in [3.05, 3.63) is 106 Å². The SMILES string of the molecule is CCC(C=C/C=C1/N(CCCCS(=O)(=O)O)c2ccc(S(=O)(=O)O)cc2C1(C)C)=CC=CC1=C(CCCCS(=O)(=O)O)c2ccc(S(=O)(=O)O)cc2C1(C)C. The Hall–Kier alpha value is -3.42. The fourth-order valence-electron chi connectivity index (χ4n) is 7.23. The quantitative estimate of drug-likeness (QED) is 0.0712. The number of fused-ring (bicyclic) bond motifs is 2. The summed E-state index contributed by atoms with van der Waals surface area (Å²) in [6.07, 6.45) is 13.9. The third-order valence-electron chi connectivity index (χ3n) is 10.1. The minimum absolute atomic E-state index is 0.207. The molecule has 2 aromatic rings. The summed E-state index contributed by atoms with van der Waals surface area (Å²) in [6.45, 7) is 10.1. The van der Waals surface area contributed by atoms with Crippen molar-refractivity contribution >= 4 is 51.7 Å². The predicted molar refractivity (Wildman–Crippen MR) is 213 cm³/mol. The van der Waals surface area contributed by atoms with Crippen LogP contribution in [0.15, 0.2) is 99.5 Å². The van der Waals surface area contributed by atoms with Gasteiger partial charge in [0.25, 0.3) is 40.5 Å². The molecule has 2 aromatic carbocycles. The number of hydrogen-bond donors (Lipinski definition) is 4. The summed E-state index contributed by atoms with van der Waals surface area (Å²) in [5.41, 5.74) is 5.02. The van der Waals surface area contributed by atoms with Gasteiger partial charge >= 0.3 is 0 Å². The zero-order valence-corrected chi connectivity index (χ0v) is 34.7. The van der Waals surface area contributed by atoms with Gasteiger partial charge in [0, 0.05) is 28.8 Å². The average Bonchev–Trinajstić information content (AvgIpc) is 3.40. The molecule has 0 saturated carbocycles. The predicted octanol–water partition coefficient (Wildman–Crippen LogP) is 7.08. The summed E-state index contributed by atoms with van der Waals surface area (Å²) in [6, 6.07) is 8.80. The summed E-state index contributed by atoms with van der Waals surface area (Å²) in [5.74, 6) is -0.771. The van der Waals surface area contributed by atoms with Crippen LogP contribution in [-0.4, -0.2) is 69.9 Å². The maximum absolute atomic E-state index is 12.0. The van der Waals surface area contributed by atoms with E-state index in [1.54, 1.807) is 12.1 Å². The van der Waals surface area contributed by atoms with Crippen LogP contribution in [0.3, 0.4) is 0 Å². The van der Waals surface area contributed by atoms with Crippen molar-refractivity contribution in [2.24, 2.45) is 0 Å². The van der Waals surface area contributed by atoms with Crippen LogP contribution in [0.1, 0.15) is 89.8 Å². The van der Waals surface area contributed by atoms with E-state index in [9.17, 15) is 51.9 Å². The molecule has 302 valence electrons. The van der Waals surface area contributed by atoms with E-state index < -0.39 is 57.1 Å². The summed E-state index contributed by atoms with van der Waals surface area (Å²) in [4.78, 5) is 1.50. The highest BCUT2D eigenvalue weighted by Gasteiger charge is 2.40. The van der Waals surface area contributed by atoms with Crippen molar-refractivity contribution < 1.29 is 51.9 Å². The van der Waals surface area contributed by atoms with Gasteiger partial charge in [0.1, 0.15) is 0 Å². The number of nitrogens with zero attached hydrogens (tertiary/aromatic N) is 1. The molecule has 0 amide bonds. The second-order valence-corrected chi connectivity index (χ2v) is 20.7. The van der Waals surface area contributed by atoms with Gasteiger partial charge in [-0.2, -0.15) is 33.7 Å². The van der Waals surface area contributed by atoms with E-state index in [0.29, 0.717) is 49.0 Å². The van der Waals surface area contributed by atoms with E-state index in [2.05, 4.69) is 0 Å². The van der Waals surface area contributed by atoms with Gasteiger partial charge in [-0.25, -0.2) is 0 Å². The van der Waals surface area contributed by atoms with Gasteiger partial charge in [0.15, 0.2) is 0 Å². The average molecular weight is 840 g/mol. The lowest BCUT2D eigenvalue weighted by atomic mass is 9.81. The lowest BCUT2D eigenvalue weighted by Crippen LogP contribution is -2.27. The van der Waals surface area contributed by atoms with Crippen molar-refractivity contribution in [3.63, 3.8) is 0 Å². The van der Waals surface area contributed by atoms with E-state index in [1.807, 2.05) is 76.0 Å². The highest BCUT2D eigenvalue weighted by Crippen LogP contribution is 2.50. The number of hydrogen-bond acceptors (Lipinski definition) is 9. The zero-order valence-electron chi connectivity index (χ0n) is 31.4. The fourth-order valence-corrected chi connectivity index (χ4v) is 9.38. The van der Waals surface area contributed by atoms with Gasteiger partial charge < -0.3 is 4.90 Å². The molecule has 0 saturated heterocycles. The number of rotatable bonds is 17. The minimum atomic E-state index is -4.47. The molecule has 17 heteroatoms. The second-order valence-electron chi connectivity index (χ2n) is 14.7. The second kappa shape index (κ2) is 16.6. The van der Waals surface area contributed by atoms with Gasteiger partial charge in [-0.05, 0) is 108 Å². The Morgan fingerprint density at radius 3 is 1.84 bits per heavy atom. The van der Waals surface area contributed by atoms with Gasteiger partial charge in [-0.15, -0.1) is 0 Å². The van der Waals surface area contributed by atoms with Crippen LogP contribution in [-0.2, 0) is 51.3 Å². The lowest BCUT2D eigenvalue weighted by molar-refractivity contribution is 0.478. The first-order chi connectivity index (χ1) is 25.3. The van der Waals surface area contributed by atoms with E-state index >= 15 is 0 Å². The summed E-state index contributed by atoms with van der Waals surface area (Å²) in [7, 11) is -17.2. The van der Waals surface area contributed by atoms with Gasteiger partial charge in [-0.1, -0.05) is 71.1 Å². The molecular weight excluding hydrogens is 791 g/mol. The molecule has 0 spiro atoms.